The number of hydrogen-bond donors (Lipinski definition) is 1. The Labute approximate surface area is 111 Å². The molecule has 0 aliphatic carbocycles. The van der Waals surface area contributed by atoms with E-state index in [1.54, 1.807) is 0 Å². The van der Waals surface area contributed by atoms with Crippen molar-refractivity contribution in [2.24, 2.45) is 11.7 Å². The molecule has 1 aromatic carbocycles. The average molecular weight is 246 g/mol. The van der Waals surface area contributed by atoms with Crippen molar-refractivity contribution in [3.8, 4) is 0 Å². The standard InChI is InChI=1S/C16H26N2/c1-13-6-5-11-18(14(13)2)12-16-8-4-3-7-15(16)9-10-17/h3-4,7-8,13-14H,5-6,9-12,17H2,1-2H3. The highest BCUT2D eigenvalue weighted by Crippen LogP contribution is 2.25. The summed E-state index contributed by atoms with van der Waals surface area (Å²) in [6.07, 6.45) is 3.71. The molecule has 1 fully saturated rings. The summed E-state index contributed by atoms with van der Waals surface area (Å²) in [4.78, 5) is 2.63. The summed E-state index contributed by atoms with van der Waals surface area (Å²) in [5, 5.41) is 0. The molecule has 100 valence electrons. The molecule has 0 spiro atoms. The maximum atomic E-state index is 5.70. The van der Waals surface area contributed by atoms with E-state index in [4.69, 9.17) is 5.73 Å². The molecule has 2 atom stereocenters. The second-order valence-corrected chi connectivity index (χ2v) is 5.64. The largest absolute Gasteiger partial charge is 0.330 e. The Kier molecular flexibility index (Phi) is 4.79. The maximum Gasteiger partial charge on any atom is 0.0239 e. The van der Waals surface area contributed by atoms with Crippen molar-refractivity contribution in [2.45, 2.75) is 45.7 Å². The molecule has 1 aliphatic rings. The van der Waals surface area contributed by atoms with Crippen LogP contribution in [0.15, 0.2) is 24.3 Å². The molecule has 2 N–H and O–H groups in total. The first kappa shape index (κ1) is 13.6. The lowest BCUT2D eigenvalue weighted by Gasteiger charge is -2.38. The van der Waals surface area contributed by atoms with Crippen LogP contribution in [0.3, 0.4) is 0 Å². The van der Waals surface area contributed by atoms with Crippen LogP contribution in [-0.2, 0) is 13.0 Å². The lowest BCUT2D eigenvalue weighted by atomic mass is 9.91. The van der Waals surface area contributed by atoms with Gasteiger partial charge in [0, 0.05) is 12.6 Å². The Morgan fingerprint density at radius 1 is 1.22 bits per heavy atom. The van der Waals surface area contributed by atoms with E-state index in [1.807, 2.05) is 0 Å². The van der Waals surface area contributed by atoms with E-state index in [0.717, 1.165) is 25.4 Å². The summed E-state index contributed by atoms with van der Waals surface area (Å²) in [5.41, 5.74) is 8.58. The van der Waals surface area contributed by atoms with Crippen LogP contribution in [0.2, 0.25) is 0 Å². The summed E-state index contributed by atoms with van der Waals surface area (Å²) in [5.74, 6) is 0.820. The summed E-state index contributed by atoms with van der Waals surface area (Å²) in [6.45, 7) is 7.81. The summed E-state index contributed by atoms with van der Waals surface area (Å²) >= 11 is 0. The third-order valence-corrected chi connectivity index (χ3v) is 4.41. The molecule has 1 heterocycles. The van der Waals surface area contributed by atoms with Gasteiger partial charge in [0.2, 0.25) is 0 Å². The first-order valence-electron chi connectivity index (χ1n) is 7.23. The molecule has 1 saturated heterocycles. The zero-order valence-corrected chi connectivity index (χ0v) is 11.7. The molecular formula is C16H26N2. The van der Waals surface area contributed by atoms with Crippen molar-refractivity contribution >= 4 is 0 Å². The molecule has 0 saturated carbocycles. The fourth-order valence-electron chi connectivity index (χ4n) is 2.97. The lowest BCUT2D eigenvalue weighted by Crippen LogP contribution is -2.41. The highest BCUT2D eigenvalue weighted by molar-refractivity contribution is 5.27. The van der Waals surface area contributed by atoms with Gasteiger partial charge in [-0.25, -0.2) is 0 Å². The van der Waals surface area contributed by atoms with Gasteiger partial charge in [-0.3, -0.25) is 4.90 Å². The van der Waals surface area contributed by atoms with Crippen molar-refractivity contribution in [1.29, 1.82) is 0 Å². The highest BCUT2D eigenvalue weighted by Gasteiger charge is 2.24. The maximum absolute atomic E-state index is 5.70. The molecule has 1 aliphatic heterocycles. The van der Waals surface area contributed by atoms with Crippen LogP contribution >= 0.6 is 0 Å². The molecule has 0 bridgehead atoms. The third-order valence-electron chi connectivity index (χ3n) is 4.41. The normalized spacial score (nSPS) is 25.3. The van der Waals surface area contributed by atoms with Gasteiger partial charge < -0.3 is 5.73 Å². The van der Waals surface area contributed by atoms with E-state index < -0.39 is 0 Å². The zero-order chi connectivity index (χ0) is 13.0. The first-order chi connectivity index (χ1) is 8.72. The molecule has 2 nitrogen and oxygen atoms in total. The lowest BCUT2D eigenvalue weighted by molar-refractivity contribution is 0.106. The zero-order valence-electron chi connectivity index (χ0n) is 11.7. The van der Waals surface area contributed by atoms with E-state index in [1.165, 1.54) is 30.5 Å². The summed E-state index contributed by atoms with van der Waals surface area (Å²) < 4.78 is 0. The monoisotopic (exact) mass is 246 g/mol. The molecule has 2 heteroatoms. The first-order valence-corrected chi connectivity index (χ1v) is 7.23. The van der Waals surface area contributed by atoms with Gasteiger partial charge in [0.1, 0.15) is 0 Å². The van der Waals surface area contributed by atoms with Crippen molar-refractivity contribution in [1.82, 2.24) is 4.90 Å². The summed E-state index contributed by atoms with van der Waals surface area (Å²) in [7, 11) is 0. The Balaban J connectivity index is 2.08. The van der Waals surface area contributed by atoms with Crippen molar-refractivity contribution in [2.75, 3.05) is 13.1 Å². The fourth-order valence-corrected chi connectivity index (χ4v) is 2.97. The Bertz CT molecular complexity index is 375. The number of nitrogens with two attached hydrogens (primary N) is 1. The number of likely N-dealkylation sites (tertiary alicyclic amines) is 1. The number of piperidine rings is 1. The molecule has 18 heavy (non-hydrogen) atoms. The van der Waals surface area contributed by atoms with E-state index in [-0.39, 0.29) is 0 Å². The topological polar surface area (TPSA) is 29.3 Å². The van der Waals surface area contributed by atoms with Gasteiger partial charge in [0.15, 0.2) is 0 Å². The Hall–Kier alpha value is -0.860. The van der Waals surface area contributed by atoms with Crippen molar-refractivity contribution < 1.29 is 0 Å². The van der Waals surface area contributed by atoms with Crippen LogP contribution in [-0.4, -0.2) is 24.0 Å². The third kappa shape index (κ3) is 3.12. The van der Waals surface area contributed by atoms with Crippen molar-refractivity contribution in [3.63, 3.8) is 0 Å². The van der Waals surface area contributed by atoms with Gasteiger partial charge >= 0.3 is 0 Å². The number of hydrogen-bond acceptors (Lipinski definition) is 2. The number of benzene rings is 1. The van der Waals surface area contributed by atoms with Crippen molar-refractivity contribution in [3.05, 3.63) is 35.4 Å². The Morgan fingerprint density at radius 3 is 2.67 bits per heavy atom. The van der Waals surface area contributed by atoms with E-state index in [2.05, 4.69) is 43.0 Å². The van der Waals surface area contributed by atoms with Gasteiger partial charge in [-0.2, -0.15) is 0 Å². The number of nitrogens with zero attached hydrogens (tertiary/aromatic N) is 1. The second kappa shape index (κ2) is 6.35. The predicted octanol–water partition coefficient (Wildman–Crippen LogP) is 2.81. The fraction of sp³-hybridized carbons (Fsp3) is 0.625. The quantitative estimate of drug-likeness (QED) is 0.885. The van der Waals surface area contributed by atoms with Crippen LogP contribution in [0.1, 0.15) is 37.8 Å². The van der Waals surface area contributed by atoms with Gasteiger partial charge in [0.25, 0.3) is 0 Å². The average Bonchev–Trinajstić information content (AvgIpc) is 2.37. The molecule has 1 aromatic rings. The minimum absolute atomic E-state index is 0.699. The van der Waals surface area contributed by atoms with Gasteiger partial charge in [-0.1, -0.05) is 31.2 Å². The van der Waals surface area contributed by atoms with Gasteiger partial charge in [-0.05, 0) is 56.3 Å². The van der Waals surface area contributed by atoms with Crippen LogP contribution in [0.25, 0.3) is 0 Å². The second-order valence-electron chi connectivity index (χ2n) is 5.64. The van der Waals surface area contributed by atoms with E-state index in [9.17, 15) is 0 Å². The Morgan fingerprint density at radius 2 is 1.94 bits per heavy atom. The highest BCUT2D eigenvalue weighted by atomic mass is 15.2. The summed E-state index contributed by atoms with van der Waals surface area (Å²) in [6, 6.07) is 9.45. The molecule has 0 amide bonds. The van der Waals surface area contributed by atoms with Crippen LogP contribution < -0.4 is 5.73 Å². The van der Waals surface area contributed by atoms with E-state index >= 15 is 0 Å². The van der Waals surface area contributed by atoms with Crippen LogP contribution in [0.5, 0.6) is 0 Å². The molecule has 0 aromatic heterocycles. The molecule has 0 radical (unpaired) electrons. The predicted molar refractivity (Wildman–Crippen MR) is 77.5 cm³/mol. The SMILES string of the molecule is CC1CCCN(Cc2ccccc2CCN)C1C. The molecule has 2 unspecified atom stereocenters. The smallest absolute Gasteiger partial charge is 0.0239 e. The molecular weight excluding hydrogens is 220 g/mol. The van der Waals surface area contributed by atoms with Gasteiger partial charge in [-0.15, -0.1) is 0 Å². The van der Waals surface area contributed by atoms with E-state index in [0.29, 0.717) is 6.04 Å². The number of rotatable bonds is 4. The minimum atomic E-state index is 0.699. The van der Waals surface area contributed by atoms with Crippen LogP contribution in [0, 0.1) is 5.92 Å². The molecule has 2 rings (SSSR count). The van der Waals surface area contributed by atoms with Gasteiger partial charge in [0.05, 0.1) is 0 Å². The van der Waals surface area contributed by atoms with Crippen LogP contribution in [0.4, 0.5) is 0 Å². The minimum Gasteiger partial charge on any atom is -0.330 e.